The van der Waals surface area contributed by atoms with Crippen LogP contribution in [0, 0.1) is 5.92 Å². The highest BCUT2D eigenvalue weighted by molar-refractivity contribution is 5.87. The zero-order valence-electron chi connectivity index (χ0n) is 18.9. The second-order valence-corrected chi connectivity index (χ2v) is 9.38. The Labute approximate surface area is 186 Å². The Bertz CT molecular complexity index is 631. The molecule has 0 aromatic rings. The molecule has 1 saturated heterocycles. The zero-order chi connectivity index (χ0) is 21.9. The molecule has 0 radical (unpaired) electrons. The van der Waals surface area contributed by atoms with E-state index in [1.54, 1.807) is 0 Å². The molecule has 3 aliphatic rings. The Morgan fingerprint density at radius 2 is 1.65 bits per heavy atom. The summed E-state index contributed by atoms with van der Waals surface area (Å²) in [5.41, 5.74) is 0. The first-order chi connectivity index (χ1) is 15.1. The molecule has 6 nitrogen and oxygen atoms in total. The fourth-order valence-electron chi connectivity index (χ4n) is 5.02. The number of hydroxylamine groups is 2. The smallest absolute Gasteiger partial charge is 0.434 e. The molecule has 0 N–H and O–H groups in total. The topological polar surface area (TPSA) is 72.9 Å². The van der Waals surface area contributed by atoms with Gasteiger partial charge < -0.3 is 4.74 Å². The Kier molecular flexibility index (Phi) is 10.0. The lowest BCUT2D eigenvalue weighted by Gasteiger charge is -2.35. The van der Waals surface area contributed by atoms with Crippen LogP contribution in [-0.4, -0.2) is 41.5 Å². The maximum atomic E-state index is 12.8. The Hall–Kier alpha value is -1.69. The molecule has 0 aromatic heterocycles. The number of carbonyl (C=O) groups is 3. The van der Waals surface area contributed by atoms with Gasteiger partial charge >= 0.3 is 6.09 Å². The highest BCUT2D eigenvalue weighted by Gasteiger charge is 2.36. The highest BCUT2D eigenvalue weighted by Crippen LogP contribution is 2.31. The quantitative estimate of drug-likeness (QED) is 0.459. The molecule has 1 amide bonds. The number of amides is 1. The maximum Gasteiger partial charge on any atom is 0.434 e. The average molecular weight is 434 g/mol. The van der Waals surface area contributed by atoms with Gasteiger partial charge in [-0.3, -0.25) is 14.4 Å². The number of carbonyl (C=O) groups excluding carboxylic acids is 3. The van der Waals surface area contributed by atoms with Crippen LogP contribution in [-0.2, 0) is 19.2 Å². The Balaban J connectivity index is 1.60. The number of rotatable bonds is 0. The molecule has 6 heteroatoms. The van der Waals surface area contributed by atoms with Gasteiger partial charge in [0.1, 0.15) is 17.9 Å². The van der Waals surface area contributed by atoms with E-state index in [9.17, 15) is 14.4 Å². The standard InChI is InChI=1S/C25H39NO5/c27-21-13-6-3-1-2-5-11-20-12-9-15-22(19-20)31-25(29)26-23(16-10-18-30-26)24(28)17-8-4-7-14-21/h3,6,20,22-23H,1-2,4-5,7-19H2. The SMILES string of the molecule is O=C1CC=CCCCCC2CCCC(C2)OC(=O)N2OCCCC2C(=O)CCCCC1. The van der Waals surface area contributed by atoms with Crippen molar-refractivity contribution in [2.45, 2.75) is 115 Å². The predicted octanol–water partition coefficient (Wildman–Crippen LogP) is 5.69. The van der Waals surface area contributed by atoms with Crippen molar-refractivity contribution in [3.8, 4) is 0 Å². The van der Waals surface area contributed by atoms with Crippen molar-refractivity contribution >= 4 is 17.7 Å². The molecule has 2 heterocycles. The largest absolute Gasteiger partial charge is 0.445 e. The summed E-state index contributed by atoms with van der Waals surface area (Å²) >= 11 is 0. The van der Waals surface area contributed by atoms with Gasteiger partial charge in [-0.2, -0.15) is 5.06 Å². The van der Waals surface area contributed by atoms with Crippen LogP contribution in [0.4, 0.5) is 4.79 Å². The van der Waals surface area contributed by atoms with E-state index < -0.39 is 12.1 Å². The van der Waals surface area contributed by atoms with Crippen molar-refractivity contribution in [3.05, 3.63) is 12.2 Å². The third-order valence-corrected chi connectivity index (χ3v) is 6.81. The number of hydrogen-bond donors (Lipinski definition) is 0. The van der Waals surface area contributed by atoms with Crippen LogP contribution in [0.1, 0.15) is 103 Å². The van der Waals surface area contributed by atoms with Crippen molar-refractivity contribution in [2.75, 3.05) is 6.61 Å². The third-order valence-electron chi connectivity index (χ3n) is 6.81. The van der Waals surface area contributed by atoms with Crippen LogP contribution in [0.3, 0.4) is 0 Å². The summed E-state index contributed by atoms with van der Waals surface area (Å²) in [5, 5.41) is 1.22. The lowest BCUT2D eigenvalue weighted by Crippen LogP contribution is -2.49. The van der Waals surface area contributed by atoms with Crippen LogP contribution < -0.4 is 0 Å². The minimum Gasteiger partial charge on any atom is -0.445 e. The summed E-state index contributed by atoms with van der Waals surface area (Å²) in [6.07, 6.45) is 17.5. The minimum atomic E-state index is -0.540. The molecule has 3 unspecified atom stereocenters. The van der Waals surface area contributed by atoms with E-state index in [2.05, 4.69) is 6.08 Å². The number of allylic oxidation sites excluding steroid dienone is 2. The summed E-state index contributed by atoms with van der Waals surface area (Å²) in [7, 11) is 0. The molecule has 2 fully saturated rings. The fraction of sp³-hybridized carbons (Fsp3) is 0.800. The first-order valence-electron chi connectivity index (χ1n) is 12.5. The minimum absolute atomic E-state index is 0.0401. The van der Waals surface area contributed by atoms with Crippen molar-refractivity contribution in [1.82, 2.24) is 5.06 Å². The fourth-order valence-corrected chi connectivity index (χ4v) is 5.02. The molecule has 0 spiro atoms. The molecule has 1 saturated carbocycles. The van der Waals surface area contributed by atoms with Gasteiger partial charge in [0.15, 0.2) is 5.78 Å². The molecule has 2 aliphatic heterocycles. The van der Waals surface area contributed by atoms with E-state index in [4.69, 9.17) is 9.57 Å². The van der Waals surface area contributed by atoms with Gasteiger partial charge in [0, 0.05) is 19.3 Å². The van der Waals surface area contributed by atoms with E-state index in [1.165, 1.54) is 11.5 Å². The van der Waals surface area contributed by atoms with Crippen LogP contribution in [0.15, 0.2) is 12.2 Å². The molecule has 2 bridgehead atoms. The molecular formula is C25H39NO5. The van der Waals surface area contributed by atoms with E-state index in [0.29, 0.717) is 38.2 Å². The number of nitrogens with zero attached hydrogens (tertiary/aromatic N) is 1. The Morgan fingerprint density at radius 1 is 0.806 bits per heavy atom. The van der Waals surface area contributed by atoms with E-state index in [1.807, 2.05) is 6.08 Å². The third kappa shape index (κ3) is 8.06. The van der Waals surface area contributed by atoms with Gasteiger partial charge in [0.05, 0.1) is 6.61 Å². The first kappa shape index (κ1) is 24.0. The van der Waals surface area contributed by atoms with E-state index in [-0.39, 0.29) is 17.7 Å². The summed E-state index contributed by atoms with van der Waals surface area (Å²) in [6, 6.07) is -0.540. The van der Waals surface area contributed by atoms with Crippen molar-refractivity contribution in [3.63, 3.8) is 0 Å². The lowest BCUT2D eigenvalue weighted by molar-refractivity contribution is -0.193. The second kappa shape index (κ2) is 13.0. The van der Waals surface area contributed by atoms with E-state index in [0.717, 1.165) is 70.6 Å². The highest BCUT2D eigenvalue weighted by atomic mass is 16.7. The van der Waals surface area contributed by atoms with Crippen LogP contribution in [0.25, 0.3) is 0 Å². The number of ketones is 2. The maximum absolute atomic E-state index is 12.8. The summed E-state index contributed by atoms with van der Waals surface area (Å²) in [4.78, 5) is 43.2. The predicted molar refractivity (Wildman–Crippen MR) is 118 cm³/mol. The average Bonchev–Trinajstić information content (AvgIpc) is 2.77. The van der Waals surface area contributed by atoms with Gasteiger partial charge in [0.25, 0.3) is 0 Å². The molecule has 3 atom stereocenters. The van der Waals surface area contributed by atoms with Crippen molar-refractivity contribution in [2.24, 2.45) is 5.92 Å². The van der Waals surface area contributed by atoms with Gasteiger partial charge in [-0.05, 0) is 63.7 Å². The first-order valence-corrected chi connectivity index (χ1v) is 12.5. The monoisotopic (exact) mass is 433 g/mol. The summed E-state index contributed by atoms with van der Waals surface area (Å²) < 4.78 is 5.81. The molecule has 31 heavy (non-hydrogen) atoms. The summed E-state index contributed by atoms with van der Waals surface area (Å²) in [6.45, 7) is 0.447. The van der Waals surface area contributed by atoms with Crippen molar-refractivity contribution < 1.29 is 24.0 Å². The summed E-state index contributed by atoms with van der Waals surface area (Å²) in [5.74, 6) is 0.903. The zero-order valence-corrected chi connectivity index (χ0v) is 18.9. The molecular weight excluding hydrogens is 394 g/mol. The lowest BCUT2D eigenvalue weighted by atomic mass is 9.84. The van der Waals surface area contributed by atoms with Crippen LogP contribution in [0.2, 0.25) is 0 Å². The van der Waals surface area contributed by atoms with Crippen LogP contribution >= 0.6 is 0 Å². The van der Waals surface area contributed by atoms with Gasteiger partial charge in [-0.15, -0.1) is 0 Å². The number of fused-ring (bicyclic) bond motifs is 3. The number of Topliss-reactive ketones (excluding diaryl/α,β-unsaturated/α-hetero) is 2. The molecule has 0 aromatic carbocycles. The Morgan fingerprint density at radius 3 is 2.55 bits per heavy atom. The van der Waals surface area contributed by atoms with Gasteiger partial charge in [0.2, 0.25) is 0 Å². The van der Waals surface area contributed by atoms with E-state index >= 15 is 0 Å². The number of ether oxygens (including phenoxy) is 1. The molecule has 1 aliphatic carbocycles. The van der Waals surface area contributed by atoms with Crippen LogP contribution in [0.5, 0.6) is 0 Å². The van der Waals surface area contributed by atoms with Crippen molar-refractivity contribution in [1.29, 1.82) is 0 Å². The normalized spacial score (nSPS) is 30.8. The van der Waals surface area contributed by atoms with Gasteiger partial charge in [-0.1, -0.05) is 37.8 Å². The van der Waals surface area contributed by atoms with Gasteiger partial charge in [-0.25, -0.2) is 4.79 Å². The molecule has 3 rings (SSSR count). The molecule has 174 valence electrons. The second-order valence-electron chi connectivity index (χ2n) is 9.38. The number of hydrogen-bond acceptors (Lipinski definition) is 5.